The number of hydrogen-bond donors (Lipinski definition) is 1. The Morgan fingerprint density at radius 3 is 3.08 bits per heavy atom. The lowest BCUT2D eigenvalue weighted by molar-refractivity contribution is 0.321. The molecule has 0 aliphatic carbocycles. The number of hydrogen-bond acceptors (Lipinski definition) is 3. The molecule has 0 aliphatic heterocycles. The molecule has 0 aromatic carbocycles. The summed E-state index contributed by atoms with van der Waals surface area (Å²) in [5, 5.41) is 11.4. The Balaban J connectivity index is 2.73. The summed E-state index contributed by atoms with van der Waals surface area (Å²) in [6.45, 7) is 1.93. The molecule has 0 amide bonds. The van der Waals surface area contributed by atoms with Crippen LogP contribution in [0.3, 0.4) is 0 Å². The second-order valence-electron chi connectivity index (χ2n) is 2.76. The van der Waals surface area contributed by atoms with Crippen molar-refractivity contribution in [2.75, 3.05) is 0 Å². The van der Waals surface area contributed by atoms with E-state index in [1.807, 2.05) is 35.7 Å². The molecule has 0 saturated carbocycles. The molecule has 2 aromatic rings. The average molecular weight is 175 g/mol. The molecule has 0 spiro atoms. The number of nitrogens with zero attached hydrogens (tertiary/aromatic N) is 3. The molecule has 13 heavy (non-hydrogen) atoms. The quantitative estimate of drug-likeness (QED) is 0.405. The lowest BCUT2D eigenvalue weighted by atomic mass is 10.4. The van der Waals surface area contributed by atoms with Crippen molar-refractivity contribution in [1.29, 1.82) is 0 Å². The van der Waals surface area contributed by atoms with E-state index in [1.54, 1.807) is 0 Å². The van der Waals surface area contributed by atoms with Crippen molar-refractivity contribution in [3.63, 3.8) is 0 Å². The zero-order valence-corrected chi connectivity index (χ0v) is 7.18. The standard InChI is InChI=1S/C9H9N3O/c1-7-8(6-10-13)11-9-4-2-3-5-12(7)9/h2-6,13H,1H3. The fourth-order valence-corrected chi connectivity index (χ4v) is 1.31. The van der Waals surface area contributed by atoms with Gasteiger partial charge in [-0.3, -0.25) is 0 Å². The molecule has 2 aromatic heterocycles. The van der Waals surface area contributed by atoms with Gasteiger partial charge in [0.05, 0.1) is 6.21 Å². The summed E-state index contributed by atoms with van der Waals surface area (Å²) in [5.74, 6) is 0. The van der Waals surface area contributed by atoms with Crippen molar-refractivity contribution in [2.24, 2.45) is 5.16 Å². The van der Waals surface area contributed by atoms with Gasteiger partial charge in [-0.2, -0.15) is 0 Å². The lowest BCUT2D eigenvalue weighted by Crippen LogP contribution is -1.87. The molecule has 1 N–H and O–H groups in total. The minimum atomic E-state index is 0.689. The second kappa shape index (κ2) is 2.90. The molecule has 0 radical (unpaired) electrons. The van der Waals surface area contributed by atoms with Gasteiger partial charge in [-0.25, -0.2) is 4.98 Å². The first-order valence-corrected chi connectivity index (χ1v) is 3.94. The van der Waals surface area contributed by atoms with Crippen LogP contribution in [0.15, 0.2) is 29.6 Å². The van der Waals surface area contributed by atoms with Gasteiger partial charge in [-0.15, -0.1) is 0 Å². The molecule has 4 nitrogen and oxygen atoms in total. The first-order chi connectivity index (χ1) is 6.33. The highest BCUT2D eigenvalue weighted by molar-refractivity contribution is 5.79. The predicted molar refractivity (Wildman–Crippen MR) is 49.3 cm³/mol. The summed E-state index contributed by atoms with van der Waals surface area (Å²) in [5.41, 5.74) is 2.51. The molecule has 0 atom stereocenters. The highest BCUT2D eigenvalue weighted by Crippen LogP contribution is 2.08. The molecule has 4 heteroatoms. The SMILES string of the molecule is Cc1c(C=NO)nc2ccccn12. The molecule has 0 aliphatic rings. The number of aromatic nitrogens is 2. The van der Waals surface area contributed by atoms with Crippen LogP contribution < -0.4 is 0 Å². The molecule has 2 heterocycles. The molecule has 0 bridgehead atoms. The van der Waals surface area contributed by atoms with Crippen LogP contribution in [-0.4, -0.2) is 20.8 Å². The number of aryl methyl sites for hydroxylation is 1. The Kier molecular flexibility index (Phi) is 1.73. The summed E-state index contributed by atoms with van der Waals surface area (Å²) in [4.78, 5) is 4.26. The van der Waals surface area contributed by atoms with Crippen LogP contribution in [-0.2, 0) is 0 Å². The minimum absolute atomic E-state index is 0.689. The number of pyridine rings is 1. The van der Waals surface area contributed by atoms with E-state index in [9.17, 15) is 0 Å². The van der Waals surface area contributed by atoms with Crippen molar-refractivity contribution in [3.05, 3.63) is 35.8 Å². The van der Waals surface area contributed by atoms with Crippen LogP contribution in [0.2, 0.25) is 0 Å². The van der Waals surface area contributed by atoms with Crippen molar-refractivity contribution >= 4 is 11.9 Å². The van der Waals surface area contributed by atoms with E-state index in [4.69, 9.17) is 5.21 Å². The van der Waals surface area contributed by atoms with Crippen LogP contribution in [0.5, 0.6) is 0 Å². The van der Waals surface area contributed by atoms with Crippen molar-refractivity contribution in [2.45, 2.75) is 6.92 Å². The van der Waals surface area contributed by atoms with Crippen LogP contribution in [0.25, 0.3) is 5.65 Å². The zero-order chi connectivity index (χ0) is 9.26. The summed E-state index contributed by atoms with van der Waals surface area (Å²) < 4.78 is 1.94. The molecule has 0 fully saturated rings. The summed E-state index contributed by atoms with van der Waals surface area (Å²) in [6, 6.07) is 5.75. The van der Waals surface area contributed by atoms with Gasteiger partial charge < -0.3 is 9.61 Å². The first kappa shape index (κ1) is 7.79. The van der Waals surface area contributed by atoms with Gasteiger partial charge in [0.1, 0.15) is 11.3 Å². The van der Waals surface area contributed by atoms with Crippen LogP contribution in [0.4, 0.5) is 0 Å². The lowest BCUT2D eigenvalue weighted by Gasteiger charge is -1.92. The Morgan fingerprint density at radius 2 is 2.38 bits per heavy atom. The average Bonchev–Trinajstić information content (AvgIpc) is 2.46. The van der Waals surface area contributed by atoms with Gasteiger partial charge in [0.2, 0.25) is 0 Å². The Labute approximate surface area is 75.1 Å². The maximum absolute atomic E-state index is 8.39. The van der Waals surface area contributed by atoms with Crippen LogP contribution >= 0.6 is 0 Å². The maximum Gasteiger partial charge on any atom is 0.137 e. The minimum Gasteiger partial charge on any atom is -0.411 e. The van der Waals surface area contributed by atoms with Gasteiger partial charge in [0, 0.05) is 11.9 Å². The van der Waals surface area contributed by atoms with Gasteiger partial charge in [0.25, 0.3) is 0 Å². The maximum atomic E-state index is 8.39. The fourth-order valence-electron chi connectivity index (χ4n) is 1.31. The second-order valence-corrected chi connectivity index (χ2v) is 2.76. The largest absolute Gasteiger partial charge is 0.411 e. The number of fused-ring (bicyclic) bond motifs is 1. The van der Waals surface area contributed by atoms with E-state index in [0.29, 0.717) is 5.69 Å². The van der Waals surface area contributed by atoms with Gasteiger partial charge in [-0.1, -0.05) is 11.2 Å². The third-order valence-corrected chi connectivity index (χ3v) is 1.99. The Hall–Kier alpha value is -1.84. The first-order valence-electron chi connectivity index (χ1n) is 3.94. The summed E-state index contributed by atoms with van der Waals surface area (Å²) >= 11 is 0. The van der Waals surface area contributed by atoms with Gasteiger partial charge in [0.15, 0.2) is 0 Å². The Morgan fingerprint density at radius 1 is 1.54 bits per heavy atom. The normalized spacial score (nSPS) is 11.5. The van der Waals surface area contributed by atoms with E-state index < -0.39 is 0 Å². The molecular weight excluding hydrogens is 166 g/mol. The van der Waals surface area contributed by atoms with Crippen molar-refractivity contribution < 1.29 is 5.21 Å². The van der Waals surface area contributed by atoms with E-state index >= 15 is 0 Å². The topological polar surface area (TPSA) is 49.9 Å². The molecule has 0 saturated heterocycles. The monoisotopic (exact) mass is 175 g/mol. The zero-order valence-electron chi connectivity index (χ0n) is 7.18. The number of rotatable bonds is 1. The van der Waals surface area contributed by atoms with Crippen LogP contribution in [0.1, 0.15) is 11.4 Å². The van der Waals surface area contributed by atoms with Crippen molar-refractivity contribution in [3.8, 4) is 0 Å². The van der Waals surface area contributed by atoms with E-state index in [0.717, 1.165) is 11.3 Å². The molecule has 0 unspecified atom stereocenters. The predicted octanol–water partition coefficient (Wildman–Crippen LogP) is 1.45. The number of oxime groups is 1. The molecular formula is C9H9N3O. The van der Waals surface area contributed by atoms with Crippen molar-refractivity contribution in [1.82, 2.24) is 9.38 Å². The highest BCUT2D eigenvalue weighted by Gasteiger charge is 2.04. The van der Waals surface area contributed by atoms with Gasteiger partial charge in [-0.05, 0) is 19.1 Å². The number of imidazole rings is 1. The van der Waals surface area contributed by atoms with Gasteiger partial charge >= 0.3 is 0 Å². The fraction of sp³-hybridized carbons (Fsp3) is 0.111. The van der Waals surface area contributed by atoms with Crippen LogP contribution in [0, 0.1) is 6.92 Å². The third-order valence-electron chi connectivity index (χ3n) is 1.99. The van der Waals surface area contributed by atoms with E-state index in [-0.39, 0.29) is 0 Å². The smallest absolute Gasteiger partial charge is 0.137 e. The molecule has 66 valence electrons. The molecule has 2 rings (SSSR count). The third kappa shape index (κ3) is 1.16. The van der Waals surface area contributed by atoms with E-state index in [1.165, 1.54) is 6.21 Å². The van der Waals surface area contributed by atoms with E-state index in [2.05, 4.69) is 10.1 Å². The summed E-state index contributed by atoms with van der Waals surface area (Å²) in [6.07, 6.45) is 3.26. The Bertz CT molecular complexity index is 459. The highest BCUT2D eigenvalue weighted by atomic mass is 16.4. The summed E-state index contributed by atoms with van der Waals surface area (Å²) in [7, 11) is 0.